The summed E-state index contributed by atoms with van der Waals surface area (Å²) in [7, 11) is 1.81. The number of hydrogen-bond donors (Lipinski definition) is 2. The first-order valence-electron chi connectivity index (χ1n) is 11.1. The fourth-order valence-corrected chi connectivity index (χ4v) is 4.31. The van der Waals surface area contributed by atoms with Crippen LogP contribution in [0.25, 0.3) is 0 Å². The Morgan fingerprint density at radius 1 is 1.03 bits per heavy atom. The number of piperazine rings is 1. The van der Waals surface area contributed by atoms with Crippen LogP contribution in [-0.2, 0) is 11.3 Å². The van der Waals surface area contributed by atoms with E-state index in [2.05, 4.69) is 46.0 Å². The molecule has 4 rings (SSSR count). The summed E-state index contributed by atoms with van der Waals surface area (Å²) in [6, 6.07) is 5.88. The van der Waals surface area contributed by atoms with Gasteiger partial charge in [-0.2, -0.15) is 0 Å². The van der Waals surface area contributed by atoms with Crippen molar-refractivity contribution in [3.63, 3.8) is 0 Å². The molecule has 10 heteroatoms. The van der Waals surface area contributed by atoms with Crippen molar-refractivity contribution >= 4 is 23.6 Å². The van der Waals surface area contributed by atoms with E-state index in [4.69, 9.17) is 5.73 Å². The van der Waals surface area contributed by atoms with Gasteiger partial charge in [0, 0.05) is 82.9 Å². The molecule has 2 aliphatic heterocycles. The quantitative estimate of drug-likeness (QED) is 0.512. The van der Waals surface area contributed by atoms with Crippen molar-refractivity contribution in [2.24, 2.45) is 16.6 Å². The first-order chi connectivity index (χ1) is 15.7. The molecule has 4 heterocycles. The molecule has 2 saturated heterocycles. The third-order valence-corrected chi connectivity index (χ3v) is 6.13. The molecule has 0 radical (unpaired) electrons. The minimum Gasteiger partial charge on any atom is -0.369 e. The highest BCUT2D eigenvalue weighted by molar-refractivity contribution is 5.80. The summed E-state index contributed by atoms with van der Waals surface area (Å²) >= 11 is 0. The molecule has 0 saturated carbocycles. The summed E-state index contributed by atoms with van der Waals surface area (Å²) in [5.74, 6) is 2.38. The maximum Gasteiger partial charge on any atom is 0.225 e. The topological polar surface area (TPSA) is 116 Å². The van der Waals surface area contributed by atoms with Gasteiger partial charge in [0.05, 0.1) is 0 Å². The Balaban J connectivity index is 1.34. The highest BCUT2D eigenvalue weighted by Gasteiger charge is 2.25. The number of anilines is 2. The molecule has 0 atom stereocenters. The van der Waals surface area contributed by atoms with Crippen molar-refractivity contribution in [2.45, 2.75) is 19.4 Å². The number of guanidine groups is 1. The Labute approximate surface area is 188 Å². The lowest BCUT2D eigenvalue weighted by Crippen LogP contribution is -2.52. The number of aliphatic imine (C=N–C) groups is 1. The molecule has 0 unspecified atom stereocenters. The largest absolute Gasteiger partial charge is 0.369 e. The number of amides is 1. The predicted octanol–water partition coefficient (Wildman–Crippen LogP) is 0.471. The zero-order valence-electron chi connectivity index (χ0n) is 18.5. The Bertz CT molecular complexity index is 920. The summed E-state index contributed by atoms with van der Waals surface area (Å²) < 4.78 is 0. The van der Waals surface area contributed by atoms with Gasteiger partial charge in [-0.1, -0.05) is 6.07 Å². The summed E-state index contributed by atoms with van der Waals surface area (Å²) in [6.07, 6.45) is 6.92. The number of rotatable bonds is 5. The zero-order valence-corrected chi connectivity index (χ0v) is 18.5. The number of piperidine rings is 1. The zero-order chi connectivity index (χ0) is 22.3. The van der Waals surface area contributed by atoms with Crippen molar-refractivity contribution in [3.05, 3.63) is 42.4 Å². The van der Waals surface area contributed by atoms with Crippen LogP contribution in [0.4, 0.5) is 11.8 Å². The van der Waals surface area contributed by atoms with E-state index in [0.29, 0.717) is 6.54 Å². The Hall–Kier alpha value is -3.43. The number of carbonyl (C=O) groups is 1. The summed E-state index contributed by atoms with van der Waals surface area (Å²) in [5, 5.41) is 3.50. The molecule has 0 aliphatic carbocycles. The van der Waals surface area contributed by atoms with E-state index in [9.17, 15) is 4.79 Å². The highest BCUT2D eigenvalue weighted by Crippen LogP contribution is 2.24. The fourth-order valence-electron chi connectivity index (χ4n) is 4.31. The van der Waals surface area contributed by atoms with Crippen LogP contribution in [0, 0.1) is 5.92 Å². The van der Waals surface area contributed by atoms with E-state index in [1.54, 1.807) is 12.4 Å². The molecule has 0 spiro atoms. The number of nitrogens with one attached hydrogen (secondary N) is 1. The van der Waals surface area contributed by atoms with Gasteiger partial charge in [-0.3, -0.25) is 9.79 Å². The van der Waals surface area contributed by atoms with Gasteiger partial charge in [0.15, 0.2) is 5.96 Å². The lowest BCUT2D eigenvalue weighted by molar-refractivity contribution is -0.122. The van der Waals surface area contributed by atoms with Crippen molar-refractivity contribution < 1.29 is 4.79 Å². The standard InChI is InChI=1S/C22H31N9O/c1-24-21(30-12-14-31(15-13-30)22-26-8-3-9-27-22)28-16-18-4-2-7-25-20(18)29-10-5-17(6-11-29)19(23)32/h2-4,7-9,17H,5-6,10-16H2,1H3,(H2,23,32)(H,24,28). The molecule has 32 heavy (non-hydrogen) atoms. The van der Waals surface area contributed by atoms with Crippen LogP contribution in [0.3, 0.4) is 0 Å². The lowest BCUT2D eigenvalue weighted by Gasteiger charge is -2.36. The average Bonchev–Trinajstić information content (AvgIpc) is 2.86. The molecular weight excluding hydrogens is 406 g/mol. The lowest BCUT2D eigenvalue weighted by atomic mass is 9.96. The number of nitrogens with two attached hydrogens (primary N) is 1. The maximum absolute atomic E-state index is 11.5. The molecule has 1 amide bonds. The number of aromatic nitrogens is 3. The maximum atomic E-state index is 11.5. The third kappa shape index (κ3) is 5.06. The molecule has 0 bridgehead atoms. The van der Waals surface area contributed by atoms with Crippen LogP contribution in [0.1, 0.15) is 18.4 Å². The molecular formula is C22H31N9O. The van der Waals surface area contributed by atoms with E-state index in [1.807, 2.05) is 25.4 Å². The molecule has 10 nitrogen and oxygen atoms in total. The van der Waals surface area contributed by atoms with Crippen molar-refractivity contribution in [3.8, 4) is 0 Å². The first kappa shape index (κ1) is 21.8. The minimum atomic E-state index is -0.199. The van der Waals surface area contributed by atoms with E-state index >= 15 is 0 Å². The van der Waals surface area contributed by atoms with Gasteiger partial charge < -0.3 is 25.8 Å². The second kappa shape index (κ2) is 10.3. The van der Waals surface area contributed by atoms with Gasteiger partial charge in [0.2, 0.25) is 11.9 Å². The van der Waals surface area contributed by atoms with Crippen LogP contribution in [-0.4, -0.2) is 78.0 Å². The van der Waals surface area contributed by atoms with Crippen molar-refractivity contribution in [1.29, 1.82) is 0 Å². The normalized spacial score (nSPS) is 18.0. The third-order valence-electron chi connectivity index (χ3n) is 6.13. The number of carbonyl (C=O) groups excluding carboxylic acids is 1. The SMILES string of the molecule is CN=C(NCc1cccnc1N1CCC(C(N)=O)CC1)N1CCN(c2ncccn2)CC1. The molecule has 2 fully saturated rings. The van der Waals surface area contributed by atoms with Crippen LogP contribution < -0.4 is 20.9 Å². The molecule has 2 aliphatic rings. The van der Waals surface area contributed by atoms with Gasteiger partial charge in [-0.25, -0.2) is 15.0 Å². The second-order valence-corrected chi connectivity index (χ2v) is 8.07. The Morgan fingerprint density at radius 3 is 2.38 bits per heavy atom. The molecule has 3 N–H and O–H groups in total. The minimum absolute atomic E-state index is 0.0321. The highest BCUT2D eigenvalue weighted by atomic mass is 16.1. The molecule has 0 aromatic carbocycles. The Kier molecular flexibility index (Phi) is 6.98. The number of pyridine rings is 1. The summed E-state index contributed by atoms with van der Waals surface area (Å²) in [6.45, 7) is 5.59. The van der Waals surface area contributed by atoms with Gasteiger partial charge in [-0.05, 0) is 25.0 Å². The summed E-state index contributed by atoms with van der Waals surface area (Å²) in [5.41, 5.74) is 6.59. The van der Waals surface area contributed by atoms with Crippen molar-refractivity contribution in [2.75, 3.05) is 56.1 Å². The second-order valence-electron chi connectivity index (χ2n) is 8.07. The van der Waals surface area contributed by atoms with E-state index in [-0.39, 0.29) is 11.8 Å². The van der Waals surface area contributed by atoms with Crippen LogP contribution in [0.15, 0.2) is 41.8 Å². The van der Waals surface area contributed by atoms with Crippen LogP contribution >= 0.6 is 0 Å². The first-order valence-corrected chi connectivity index (χ1v) is 11.1. The number of hydrogen-bond acceptors (Lipinski definition) is 7. The average molecular weight is 438 g/mol. The van der Waals surface area contributed by atoms with Crippen LogP contribution in [0.2, 0.25) is 0 Å². The van der Waals surface area contributed by atoms with E-state index < -0.39 is 0 Å². The fraction of sp³-hybridized carbons (Fsp3) is 0.500. The van der Waals surface area contributed by atoms with E-state index in [0.717, 1.165) is 75.4 Å². The molecule has 2 aromatic heterocycles. The number of primary amides is 1. The molecule has 2 aromatic rings. The smallest absolute Gasteiger partial charge is 0.225 e. The van der Waals surface area contributed by atoms with Crippen LogP contribution in [0.5, 0.6) is 0 Å². The van der Waals surface area contributed by atoms with Crippen molar-refractivity contribution in [1.82, 2.24) is 25.2 Å². The van der Waals surface area contributed by atoms with Gasteiger partial charge >= 0.3 is 0 Å². The van der Waals surface area contributed by atoms with Gasteiger partial charge in [-0.15, -0.1) is 0 Å². The van der Waals surface area contributed by atoms with Gasteiger partial charge in [0.1, 0.15) is 5.82 Å². The Morgan fingerprint density at radius 2 is 1.72 bits per heavy atom. The summed E-state index contributed by atoms with van der Waals surface area (Å²) in [4.78, 5) is 36.0. The number of nitrogens with zero attached hydrogens (tertiary/aromatic N) is 7. The predicted molar refractivity (Wildman–Crippen MR) is 124 cm³/mol. The van der Waals surface area contributed by atoms with E-state index in [1.165, 1.54) is 0 Å². The monoisotopic (exact) mass is 437 g/mol. The van der Waals surface area contributed by atoms with Gasteiger partial charge in [0.25, 0.3) is 0 Å². The molecule has 170 valence electrons.